The average Bonchev–Trinajstić information content (AvgIpc) is 2.29. The number of hydrogen-bond acceptors (Lipinski definition) is 3. The number of imide groups is 1. The van der Waals surface area contributed by atoms with E-state index in [1.165, 1.54) is 12.1 Å². The van der Waals surface area contributed by atoms with E-state index in [9.17, 15) is 14.0 Å². The summed E-state index contributed by atoms with van der Waals surface area (Å²) in [4.78, 5) is 26.4. The summed E-state index contributed by atoms with van der Waals surface area (Å²) >= 11 is 5.72. The van der Waals surface area contributed by atoms with Gasteiger partial charge in [-0.2, -0.15) is 4.39 Å². The van der Waals surface area contributed by atoms with Crippen molar-refractivity contribution in [2.45, 2.75) is 24.6 Å². The van der Waals surface area contributed by atoms with Gasteiger partial charge in [-0.25, -0.2) is 4.98 Å². The molecule has 1 atom stereocenters. The zero-order valence-corrected chi connectivity index (χ0v) is 9.63. The normalized spacial score (nSPS) is 20.2. The van der Waals surface area contributed by atoms with Crippen LogP contribution < -0.4 is 5.32 Å². The number of halogens is 2. The van der Waals surface area contributed by atoms with Crippen LogP contribution >= 0.6 is 11.6 Å². The lowest BCUT2D eigenvalue weighted by Gasteiger charge is -2.21. The molecule has 2 rings (SSSR count). The third-order valence-electron chi connectivity index (χ3n) is 2.69. The number of carbonyl (C=O) groups is 2. The minimum Gasteiger partial charge on any atom is -0.296 e. The molecule has 0 saturated carbocycles. The maximum Gasteiger partial charge on any atom is 0.235 e. The Morgan fingerprint density at radius 3 is 2.88 bits per heavy atom. The number of nitrogens with one attached hydrogen (secondary N) is 1. The first kappa shape index (κ1) is 12.0. The number of alkyl halides is 1. The van der Waals surface area contributed by atoms with E-state index in [1.54, 1.807) is 0 Å². The van der Waals surface area contributed by atoms with Crippen molar-refractivity contribution in [3.05, 3.63) is 29.3 Å². The molecular formula is C11H10ClFN2O2. The van der Waals surface area contributed by atoms with E-state index in [0.717, 1.165) is 0 Å². The smallest absolute Gasteiger partial charge is 0.235 e. The number of amides is 2. The van der Waals surface area contributed by atoms with Gasteiger partial charge in [0, 0.05) is 12.3 Å². The predicted molar refractivity (Wildman–Crippen MR) is 58.9 cm³/mol. The van der Waals surface area contributed by atoms with Gasteiger partial charge in [0.2, 0.25) is 17.8 Å². The van der Waals surface area contributed by atoms with Crippen LogP contribution in [-0.2, 0) is 15.5 Å². The molecular weight excluding hydrogens is 247 g/mol. The largest absolute Gasteiger partial charge is 0.296 e. The van der Waals surface area contributed by atoms with Crippen LogP contribution in [0.1, 0.15) is 30.0 Å². The summed E-state index contributed by atoms with van der Waals surface area (Å²) in [6.45, 7) is 0. The first-order valence-electron chi connectivity index (χ1n) is 5.17. The van der Waals surface area contributed by atoms with E-state index >= 15 is 0 Å². The molecule has 1 unspecified atom stereocenters. The van der Waals surface area contributed by atoms with Gasteiger partial charge < -0.3 is 0 Å². The highest BCUT2D eigenvalue weighted by atomic mass is 35.5. The highest BCUT2D eigenvalue weighted by Gasteiger charge is 2.30. The Hall–Kier alpha value is -1.49. The molecule has 1 aliphatic rings. The number of pyridine rings is 1. The molecule has 1 fully saturated rings. The van der Waals surface area contributed by atoms with Crippen LogP contribution in [-0.4, -0.2) is 16.8 Å². The molecule has 0 bridgehead atoms. The third-order valence-corrected chi connectivity index (χ3v) is 2.98. The maximum absolute atomic E-state index is 13.1. The second kappa shape index (κ2) is 4.79. The number of rotatable bonds is 2. The standard InChI is InChI=1S/C11H10ClFN2O2/c12-5-6-1-3-8(13)14-10(6)7-2-4-9(16)15-11(7)17/h1,3,7H,2,4-5H2,(H,15,16,17). The molecule has 0 spiro atoms. The molecule has 0 aliphatic carbocycles. The van der Waals surface area contributed by atoms with E-state index in [-0.39, 0.29) is 18.2 Å². The fourth-order valence-corrected chi connectivity index (χ4v) is 2.07. The van der Waals surface area contributed by atoms with Gasteiger partial charge in [0.15, 0.2) is 0 Å². The van der Waals surface area contributed by atoms with Crippen molar-refractivity contribution >= 4 is 23.4 Å². The zero-order valence-electron chi connectivity index (χ0n) is 8.87. The van der Waals surface area contributed by atoms with Gasteiger partial charge in [0.05, 0.1) is 11.6 Å². The number of piperidine rings is 1. The van der Waals surface area contributed by atoms with Crippen molar-refractivity contribution in [3.8, 4) is 0 Å². The van der Waals surface area contributed by atoms with E-state index in [2.05, 4.69) is 10.3 Å². The number of nitrogens with zero attached hydrogens (tertiary/aromatic N) is 1. The van der Waals surface area contributed by atoms with Gasteiger partial charge in [0.25, 0.3) is 0 Å². The fourth-order valence-electron chi connectivity index (χ4n) is 1.85. The number of hydrogen-bond donors (Lipinski definition) is 1. The van der Waals surface area contributed by atoms with Gasteiger partial charge in [-0.05, 0) is 18.1 Å². The molecule has 1 saturated heterocycles. The summed E-state index contributed by atoms with van der Waals surface area (Å²) in [5.74, 6) is -1.85. The molecule has 1 aromatic rings. The van der Waals surface area contributed by atoms with Crippen molar-refractivity contribution in [1.82, 2.24) is 10.3 Å². The van der Waals surface area contributed by atoms with Gasteiger partial charge in [-0.3, -0.25) is 14.9 Å². The molecule has 90 valence electrons. The summed E-state index contributed by atoms with van der Waals surface area (Å²) in [6.07, 6.45) is 0.571. The highest BCUT2D eigenvalue weighted by molar-refractivity contribution is 6.17. The minimum absolute atomic E-state index is 0.153. The second-order valence-corrected chi connectivity index (χ2v) is 4.08. The highest BCUT2D eigenvalue weighted by Crippen LogP contribution is 2.27. The Balaban J connectivity index is 2.35. The monoisotopic (exact) mass is 256 g/mol. The van der Waals surface area contributed by atoms with Gasteiger partial charge in [-0.1, -0.05) is 6.07 Å². The number of aromatic nitrogens is 1. The van der Waals surface area contributed by atoms with Crippen LogP contribution in [0.25, 0.3) is 0 Å². The molecule has 0 radical (unpaired) electrons. The minimum atomic E-state index is -0.654. The molecule has 0 aromatic carbocycles. The van der Waals surface area contributed by atoms with Crippen molar-refractivity contribution in [1.29, 1.82) is 0 Å². The van der Waals surface area contributed by atoms with Crippen LogP contribution in [0.5, 0.6) is 0 Å². The van der Waals surface area contributed by atoms with E-state index in [1.807, 2.05) is 0 Å². The molecule has 1 aliphatic heterocycles. The molecule has 4 nitrogen and oxygen atoms in total. The quantitative estimate of drug-likeness (QED) is 0.495. The molecule has 2 heterocycles. The summed E-state index contributed by atoms with van der Waals surface area (Å²) < 4.78 is 13.1. The van der Waals surface area contributed by atoms with Crippen molar-refractivity contribution < 1.29 is 14.0 Å². The maximum atomic E-state index is 13.1. The first-order chi connectivity index (χ1) is 8.11. The molecule has 1 N–H and O–H groups in total. The Kier molecular flexibility index (Phi) is 3.38. The lowest BCUT2D eigenvalue weighted by atomic mass is 9.92. The van der Waals surface area contributed by atoms with Gasteiger partial charge >= 0.3 is 0 Å². The van der Waals surface area contributed by atoms with E-state index < -0.39 is 17.8 Å². The summed E-state index contributed by atoms with van der Waals surface area (Å²) in [6, 6.07) is 2.71. The number of carbonyl (C=O) groups excluding carboxylic acids is 2. The lowest BCUT2D eigenvalue weighted by Crippen LogP contribution is -2.40. The van der Waals surface area contributed by atoms with Crippen molar-refractivity contribution in [2.24, 2.45) is 0 Å². The predicted octanol–water partition coefficient (Wildman–Crippen LogP) is 1.48. The van der Waals surface area contributed by atoms with Crippen LogP contribution in [0.15, 0.2) is 12.1 Å². The molecule has 2 amide bonds. The molecule has 1 aromatic heterocycles. The Morgan fingerprint density at radius 1 is 1.47 bits per heavy atom. The molecule has 17 heavy (non-hydrogen) atoms. The van der Waals surface area contributed by atoms with E-state index in [0.29, 0.717) is 17.7 Å². The zero-order chi connectivity index (χ0) is 12.4. The van der Waals surface area contributed by atoms with Crippen molar-refractivity contribution in [3.63, 3.8) is 0 Å². The summed E-state index contributed by atoms with van der Waals surface area (Å²) in [5.41, 5.74) is 0.938. The van der Waals surface area contributed by atoms with Crippen LogP contribution in [0.3, 0.4) is 0 Å². The summed E-state index contributed by atoms with van der Waals surface area (Å²) in [5, 5.41) is 2.22. The topological polar surface area (TPSA) is 59.1 Å². The van der Waals surface area contributed by atoms with Gasteiger partial charge in [0.1, 0.15) is 0 Å². The van der Waals surface area contributed by atoms with Crippen LogP contribution in [0.2, 0.25) is 0 Å². The third kappa shape index (κ3) is 2.44. The Labute approximate surface area is 102 Å². The lowest BCUT2D eigenvalue weighted by molar-refractivity contribution is -0.134. The average molecular weight is 257 g/mol. The van der Waals surface area contributed by atoms with Gasteiger partial charge in [-0.15, -0.1) is 11.6 Å². The Bertz CT molecular complexity index is 479. The van der Waals surface area contributed by atoms with Crippen LogP contribution in [0.4, 0.5) is 4.39 Å². The first-order valence-corrected chi connectivity index (χ1v) is 5.70. The summed E-state index contributed by atoms with van der Waals surface area (Å²) in [7, 11) is 0. The Morgan fingerprint density at radius 2 is 2.24 bits per heavy atom. The molecule has 6 heteroatoms. The van der Waals surface area contributed by atoms with E-state index in [4.69, 9.17) is 11.6 Å². The second-order valence-electron chi connectivity index (χ2n) is 3.82. The van der Waals surface area contributed by atoms with Crippen molar-refractivity contribution in [2.75, 3.05) is 0 Å². The fraction of sp³-hybridized carbons (Fsp3) is 0.364. The SMILES string of the molecule is O=C1CCC(c2nc(F)ccc2CCl)C(=O)N1. The van der Waals surface area contributed by atoms with Crippen LogP contribution in [0, 0.1) is 5.95 Å².